The van der Waals surface area contributed by atoms with Gasteiger partial charge in [-0.3, -0.25) is 9.38 Å². The van der Waals surface area contributed by atoms with Crippen LogP contribution in [0.3, 0.4) is 0 Å². The zero-order valence-corrected chi connectivity index (χ0v) is 13.1. The monoisotopic (exact) mass is 335 g/mol. The predicted octanol–water partition coefficient (Wildman–Crippen LogP) is 3.96. The van der Waals surface area contributed by atoms with Crippen LogP contribution in [-0.4, -0.2) is 25.4 Å². The molecule has 1 N–H and O–H groups in total. The lowest BCUT2D eigenvalue weighted by atomic mass is 10.1. The molecule has 2 heterocycles. The summed E-state index contributed by atoms with van der Waals surface area (Å²) in [5.41, 5.74) is 2.28. The number of aromatic nitrogens is 3. The minimum Gasteiger partial charge on any atom is -0.477 e. The number of benzene rings is 1. The normalized spacial score (nSPS) is 11.0. The molecule has 0 saturated carbocycles. The van der Waals surface area contributed by atoms with Crippen LogP contribution in [0.15, 0.2) is 30.6 Å². The van der Waals surface area contributed by atoms with Crippen LogP contribution in [0.4, 0.5) is 0 Å². The van der Waals surface area contributed by atoms with E-state index >= 15 is 0 Å². The quantitative estimate of drug-likeness (QED) is 0.786. The van der Waals surface area contributed by atoms with E-state index in [-0.39, 0.29) is 5.69 Å². The molecule has 112 valence electrons. The summed E-state index contributed by atoms with van der Waals surface area (Å²) in [7, 11) is 0. The Morgan fingerprint density at radius 3 is 2.77 bits per heavy atom. The first kappa shape index (κ1) is 14.8. The highest BCUT2D eigenvalue weighted by atomic mass is 35.5. The minimum atomic E-state index is -1.02. The Hall–Kier alpha value is -2.11. The maximum atomic E-state index is 11.5. The van der Waals surface area contributed by atoms with Crippen LogP contribution in [0.5, 0.6) is 0 Å². The molecule has 3 rings (SSSR count). The molecule has 0 spiro atoms. The molecule has 0 amide bonds. The van der Waals surface area contributed by atoms with Gasteiger partial charge in [0.15, 0.2) is 11.3 Å². The maximum absolute atomic E-state index is 11.5. The number of halogens is 2. The Balaban J connectivity index is 2.34. The Morgan fingerprint density at radius 2 is 2.14 bits per heavy atom. The average Bonchev–Trinajstić information content (AvgIpc) is 2.86. The first-order valence-electron chi connectivity index (χ1n) is 6.57. The maximum Gasteiger partial charge on any atom is 0.354 e. The topological polar surface area (TPSA) is 67.5 Å². The summed E-state index contributed by atoms with van der Waals surface area (Å²) in [6.45, 7) is 1.86. The average molecular weight is 336 g/mol. The molecule has 5 nitrogen and oxygen atoms in total. The third kappa shape index (κ3) is 2.32. The number of imidazole rings is 1. The summed E-state index contributed by atoms with van der Waals surface area (Å²) in [5, 5.41) is 10.4. The summed E-state index contributed by atoms with van der Waals surface area (Å²) >= 11 is 12.1. The van der Waals surface area contributed by atoms with Crippen molar-refractivity contribution in [1.82, 2.24) is 14.4 Å². The largest absolute Gasteiger partial charge is 0.477 e. The second-order valence-electron chi connectivity index (χ2n) is 4.66. The Bertz CT molecular complexity index is 890. The van der Waals surface area contributed by atoms with E-state index in [4.69, 9.17) is 23.2 Å². The summed E-state index contributed by atoms with van der Waals surface area (Å²) in [6.07, 6.45) is 3.62. The molecule has 0 fully saturated rings. The van der Waals surface area contributed by atoms with Gasteiger partial charge in [0.1, 0.15) is 5.69 Å². The number of carboxylic acid groups (broad SMARTS) is 1. The second-order valence-corrected chi connectivity index (χ2v) is 5.50. The van der Waals surface area contributed by atoms with Crippen LogP contribution in [0.2, 0.25) is 10.0 Å². The van der Waals surface area contributed by atoms with Crippen LogP contribution >= 0.6 is 23.2 Å². The number of rotatable bonds is 3. The number of hydrogen-bond donors (Lipinski definition) is 1. The van der Waals surface area contributed by atoms with E-state index in [2.05, 4.69) is 9.97 Å². The molecule has 2 aromatic heterocycles. The fourth-order valence-corrected chi connectivity index (χ4v) is 2.87. The van der Waals surface area contributed by atoms with Gasteiger partial charge in [-0.1, -0.05) is 30.1 Å². The van der Waals surface area contributed by atoms with Crippen LogP contribution in [0, 0.1) is 0 Å². The SMILES string of the molecule is CCc1nc2c(-c3ccc(Cl)cc3Cl)nccn2c1C(=O)O. The molecule has 0 unspecified atom stereocenters. The molecule has 0 bridgehead atoms. The first-order chi connectivity index (χ1) is 10.5. The van der Waals surface area contributed by atoms with Crippen molar-refractivity contribution in [3.05, 3.63) is 52.0 Å². The zero-order valence-electron chi connectivity index (χ0n) is 11.5. The van der Waals surface area contributed by atoms with Crippen LogP contribution in [0.1, 0.15) is 23.1 Å². The smallest absolute Gasteiger partial charge is 0.354 e. The summed E-state index contributed by atoms with van der Waals surface area (Å²) in [4.78, 5) is 20.2. The Labute approximate surface area is 136 Å². The highest BCUT2D eigenvalue weighted by molar-refractivity contribution is 6.36. The van der Waals surface area contributed by atoms with Crippen molar-refractivity contribution in [2.24, 2.45) is 0 Å². The van der Waals surface area contributed by atoms with Crippen LogP contribution in [-0.2, 0) is 6.42 Å². The van der Waals surface area contributed by atoms with Crippen molar-refractivity contribution >= 4 is 34.8 Å². The molecule has 1 aromatic carbocycles. The van der Waals surface area contributed by atoms with Gasteiger partial charge in [0.05, 0.1) is 10.7 Å². The molecular weight excluding hydrogens is 325 g/mol. The highest BCUT2D eigenvalue weighted by Crippen LogP contribution is 2.32. The van der Waals surface area contributed by atoms with Crippen molar-refractivity contribution in [2.75, 3.05) is 0 Å². The lowest BCUT2D eigenvalue weighted by Crippen LogP contribution is -2.05. The fourth-order valence-electron chi connectivity index (χ4n) is 2.37. The Morgan fingerprint density at radius 1 is 1.36 bits per heavy atom. The van der Waals surface area contributed by atoms with E-state index in [1.54, 1.807) is 24.4 Å². The van der Waals surface area contributed by atoms with E-state index in [0.29, 0.717) is 39.1 Å². The van der Waals surface area contributed by atoms with Crippen molar-refractivity contribution < 1.29 is 9.90 Å². The zero-order chi connectivity index (χ0) is 15.9. The second kappa shape index (κ2) is 5.59. The van der Waals surface area contributed by atoms with E-state index in [0.717, 1.165) is 0 Å². The molecule has 0 aliphatic heterocycles. The number of nitrogens with zero attached hydrogens (tertiary/aromatic N) is 3. The van der Waals surface area contributed by atoms with Gasteiger partial charge in [0.2, 0.25) is 0 Å². The molecule has 22 heavy (non-hydrogen) atoms. The third-order valence-corrected chi connectivity index (χ3v) is 3.89. The standard InChI is InChI=1S/C15H11Cl2N3O2/c1-2-11-13(15(21)22)20-6-5-18-12(14(20)19-11)9-4-3-8(16)7-10(9)17/h3-7H,2H2,1H3,(H,21,22). The molecule has 0 atom stereocenters. The lowest BCUT2D eigenvalue weighted by molar-refractivity contribution is 0.0688. The van der Waals surface area contributed by atoms with Crippen molar-refractivity contribution in [1.29, 1.82) is 0 Å². The van der Waals surface area contributed by atoms with E-state index in [1.807, 2.05) is 6.92 Å². The van der Waals surface area contributed by atoms with Crippen LogP contribution in [0.25, 0.3) is 16.9 Å². The molecule has 0 radical (unpaired) electrons. The van der Waals surface area contributed by atoms with Crippen molar-refractivity contribution in [3.8, 4) is 11.3 Å². The van der Waals surface area contributed by atoms with Gasteiger partial charge in [-0.05, 0) is 24.6 Å². The van der Waals surface area contributed by atoms with Gasteiger partial charge >= 0.3 is 5.97 Å². The van der Waals surface area contributed by atoms with Gasteiger partial charge < -0.3 is 5.11 Å². The predicted molar refractivity (Wildman–Crippen MR) is 84.8 cm³/mol. The van der Waals surface area contributed by atoms with E-state index in [9.17, 15) is 9.90 Å². The number of aromatic carboxylic acids is 1. The van der Waals surface area contributed by atoms with Crippen LogP contribution < -0.4 is 0 Å². The van der Waals surface area contributed by atoms with Gasteiger partial charge in [0, 0.05) is 23.0 Å². The molecule has 0 aliphatic carbocycles. The number of aryl methyl sites for hydroxylation is 1. The highest BCUT2D eigenvalue weighted by Gasteiger charge is 2.20. The molecule has 7 heteroatoms. The van der Waals surface area contributed by atoms with Gasteiger partial charge in [-0.25, -0.2) is 9.78 Å². The summed E-state index contributed by atoms with van der Waals surface area (Å²) in [5.74, 6) is -1.02. The van der Waals surface area contributed by atoms with Crippen molar-refractivity contribution in [3.63, 3.8) is 0 Å². The third-order valence-electron chi connectivity index (χ3n) is 3.34. The molecule has 3 aromatic rings. The summed E-state index contributed by atoms with van der Waals surface area (Å²) in [6, 6.07) is 5.06. The summed E-state index contributed by atoms with van der Waals surface area (Å²) < 4.78 is 1.52. The van der Waals surface area contributed by atoms with E-state index in [1.165, 1.54) is 10.6 Å². The molecular formula is C15H11Cl2N3O2. The number of fused-ring (bicyclic) bond motifs is 1. The van der Waals surface area contributed by atoms with Gasteiger partial charge in [-0.2, -0.15) is 0 Å². The van der Waals surface area contributed by atoms with E-state index < -0.39 is 5.97 Å². The number of carboxylic acids is 1. The van der Waals surface area contributed by atoms with Gasteiger partial charge in [0.25, 0.3) is 0 Å². The van der Waals surface area contributed by atoms with Crippen molar-refractivity contribution in [2.45, 2.75) is 13.3 Å². The number of hydrogen-bond acceptors (Lipinski definition) is 3. The first-order valence-corrected chi connectivity index (χ1v) is 7.33. The molecule has 0 saturated heterocycles. The van der Waals surface area contributed by atoms with Gasteiger partial charge in [-0.15, -0.1) is 0 Å². The lowest BCUT2D eigenvalue weighted by Gasteiger charge is -2.06. The fraction of sp³-hybridized carbons (Fsp3) is 0.133. The minimum absolute atomic E-state index is 0.145. The molecule has 0 aliphatic rings. The Kier molecular flexibility index (Phi) is 3.76. The number of carbonyl (C=O) groups is 1.